The van der Waals surface area contributed by atoms with Crippen LogP contribution >= 0.6 is 0 Å². The van der Waals surface area contributed by atoms with E-state index in [0.717, 1.165) is 37.8 Å². The second kappa shape index (κ2) is 5.23. The van der Waals surface area contributed by atoms with Crippen molar-refractivity contribution in [3.8, 4) is 0 Å². The van der Waals surface area contributed by atoms with Gasteiger partial charge in [-0.1, -0.05) is 25.5 Å². The molecule has 1 heterocycles. The lowest BCUT2D eigenvalue weighted by molar-refractivity contribution is 0.0857. The molecule has 0 spiro atoms. The maximum absolute atomic E-state index is 12.8. The van der Waals surface area contributed by atoms with Crippen LogP contribution in [0.2, 0.25) is 0 Å². The van der Waals surface area contributed by atoms with Gasteiger partial charge in [0.05, 0.1) is 5.54 Å². The zero-order valence-electron chi connectivity index (χ0n) is 11.7. The first-order valence-corrected chi connectivity index (χ1v) is 6.96. The van der Waals surface area contributed by atoms with Crippen molar-refractivity contribution in [2.45, 2.75) is 52.0 Å². The fourth-order valence-electron chi connectivity index (χ4n) is 2.91. The zero-order chi connectivity index (χ0) is 13.2. The summed E-state index contributed by atoms with van der Waals surface area (Å²) in [5.41, 5.74) is 3.01. The van der Waals surface area contributed by atoms with Gasteiger partial charge in [-0.15, -0.1) is 0 Å². The Kier molecular flexibility index (Phi) is 3.86. The Labute approximate surface area is 110 Å². The highest BCUT2D eigenvalue weighted by molar-refractivity contribution is 6.03. The van der Waals surface area contributed by atoms with E-state index in [0.29, 0.717) is 0 Å². The van der Waals surface area contributed by atoms with Gasteiger partial charge in [-0.05, 0) is 56.8 Å². The molecule has 18 heavy (non-hydrogen) atoms. The Hall–Kier alpha value is -1.15. The highest BCUT2D eigenvalue weighted by Gasteiger charge is 2.40. The molecule has 1 unspecified atom stereocenters. The lowest BCUT2D eigenvalue weighted by atomic mass is 9.83. The normalized spacial score (nSPS) is 23.3. The van der Waals surface area contributed by atoms with Crippen molar-refractivity contribution in [2.24, 2.45) is 0 Å². The van der Waals surface area contributed by atoms with E-state index >= 15 is 0 Å². The maximum atomic E-state index is 12.8. The number of aryl methyl sites for hydroxylation is 2. The van der Waals surface area contributed by atoms with Crippen LogP contribution in [-0.2, 0) is 0 Å². The van der Waals surface area contributed by atoms with Gasteiger partial charge in [0.15, 0.2) is 5.78 Å². The van der Waals surface area contributed by atoms with Gasteiger partial charge in [0, 0.05) is 5.56 Å². The Bertz CT molecular complexity index is 444. The molecule has 1 N–H and O–H groups in total. The fourth-order valence-corrected chi connectivity index (χ4v) is 2.91. The second-order valence-corrected chi connectivity index (χ2v) is 5.49. The summed E-state index contributed by atoms with van der Waals surface area (Å²) in [6.45, 7) is 7.27. The van der Waals surface area contributed by atoms with Gasteiger partial charge in [0.25, 0.3) is 0 Å². The first-order valence-electron chi connectivity index (χ1n) is 6.96. The minimum absolute atomic E-state index is 0.282. The quantitative estimate of drug-likeness (QED) is 0.824. The van der Waals surface area contributed by atoms with Gasteiger partial charge < -0.3 is 5.32 Å². The van der Waals surface area contributed by atoms with E-state index in [4.69, 9.17) is 0 Å². The van der Waals surface area contributed by atoms with Gasteiger partial charge in [0.2, 0.25) is 0 Å². The molecule has 1 aromatic rings. The lowest BCUT2D eigenvalue weighted by Crippen LogP contribution is -2.47. The summed E-state index contributed by atoms with van der Waals surface area (Å²) >= 11 is 0. The van der Waals surface area contributed by atoms with Crippen LogP contribution in [-0.4, -0.2) is 17.9 Å². The van der Waals surface area contributed by atoms with Gasteiger partial charge in [-0.2, -0.15) is 0 Å². The summed E-state index contributed by atoms with van der Waals surface area (Å²) in [6, 6.07) is 6.06. The maximum Gasteiger partial charge on any atom is 0.182 e. The molecule has 0 radical (unpaired) electrons. The van der Waals surface area contributed by atoms with Crippen molar-refractivity contribution < 1.29 is 4.79 Å². The molecule has 0 aromatic heterocycles. The molecule has 1 aromatic carbocycles. The molecule has 1 saturated heterocycles. The van der Waals surface area contributed by atoms with Crippen LogP contribution in [0.3, 0.4) is 0 Å². The molecular formula is C16H23NO. The third-order valence-corrected chi connectivity index (χ3v) is 4.12. The zero-order valence-corrected chi connectivity index (χ0v) is 11.7. The molecule has 1 aliphatic rings. The standard InChI is InChI=1S/C16H23NO/c1-4-8-16(9-5-10-17-16)15(18)14-7-6-12(2)13(3)11-14/h6-7,11,17H,4-5,8-10H2,1-3H3. The molecule has 98 valence electrons. The summed E-state index contributed by atoms with van der Waals surface area (Å²) in [6.07, 6.45) is 4.07. The first kappa shape index (κ1) is 13.3. The van der Waals surface area contributed by atoms with Crippen molar-refractivity contribution in [1.29, 1.82) is 0 Å². The van der Waals surface area contributed by atoms with E-state index < -0.39 is 0 Å². The molecule has 2 heteroatoms. The largest absolute Gasteiger partial charge is 0.305 e. The Morgan fingerprint density at radius 1 is 1.33 bits per heavy atom. The van der Waals surface area contributed by atoms with Gasteiger partial charge in [-0.3, -0.25) is 4.79 Å². The predicted molar refractivity (Wildman–Crippen MR) is 75.1 cm³/mol. The number of benzene rings is 1. The van der Waals surface area contributed by atoms with Crippen LogP contribution in [0.5, 0.6) is 0 Å². The highest BCUT2D eigenvalue weighted by Crippen LogP contribution is 2.29. The number of rotatable bonds is 4. The third kappa shape index (κ3) is 2.35. The minimum atomic E-state index is -0.295. The summed E-state index contributed by atoms with van der Waals surface area (Å²) in [5.74, 6) is 0.282. The number of hydrogen-bond acceptors (Lipinski definition) is 2. The van der Waals surface area contributed by atoms with E-state index in [-0.39, 0.29) is 11.3 Å². The second-order valence-electron chi connectivity index (χ2n) is 5.49. The Morgan fingerprint density at radius 3 is 2.67 bits per heavy atom. The number of hydrogen-bond donors (Lipinski definition) is 1. The minimum Gasteiger partial charge on any atom is -0.305 e. The number of ketones is 1. The van der Waals surface area contributed by atoms with E-state index in [9.17, 15) is 4.79 Å². The van der Waals surface area contributed by atoms with Crippen molar-refractivity contribution in [1.82, 2.24) is 5.32 Å². The monoisotopic (exact) mass is 245 g/mol. The van der Waals surface area contributed by atoms with Crippen LogP contribution in [0.25, 0.3) is 0 Å². The van der Waals surface area contributed by atoms with Crippen LogP contribution in [0.1, 0.15) is 54.1 Å². The van der Waals surface area contributed by atoms with Gasteiger partial charge >= 0.3 is 0 Å². The smallest absolute Gasteiger partial charge is 0.182 e. The summed E-state index contributed by atoms with van der Waals surface area (Å²) < 4.78 is 0. The summed E-state index contributed by atoms with van der Waals surface area (Å²) in [7, 11) is 0. The van der Waals surface area contributed by atoms with E-state index in [1.54, 1.807) is 0 Å². The molecule has 2 rings (SSSR count). The number of nitrogens with one attached hydrogen (secondary N) is 1. The summed E-state index contributed by atoms with van der Waals surface area (Å²) in [4.78, 5) is 12.8. The third-order valence-electron chi connectivity index (χ3n) is 4.12. The SMILES string of the molecule is CCCC1(C(=O)c2ccc(C)c(C)c2)CCCN1. The van der Waals surface area contributed by atoms with Gasteiger partial charge in [-0.25, -0.2) is 0 Å². The lowest BCUT2D eigenvalue weighted by Gasteiger charge is -2.28. The van der Waals surface area contributed by atoms with E-state index in [2.05, 4.69) is 32.2 Å². The average Bonchev–Trinajstić information content (AvgIpc) is 2.82. The topological polar surface area (TPSA) is 29.1 Å². The van der Waals surface area contributed by atoms with Crippen molar-refractivity contribution in [2.75, 3.05) is 6.54 Å². The number of carbonyl (C=O) groups excluding carboxylic acids is 1. The van der Waals surface area contributed by atoms with Crippen molar-refractivity contribution >= 4 is 5.78 Å². The Morgan fingerprint density at radius 2 is 2.11 bits per heavy atom. The van der Waals surface area contributed by atoms with Crippen molar-refractivity contribution in [3.63, 3.8) is 0 Å². The highest BCUT2D eigenvalue weighted by atomic mass is 16.1. The number of Topliss-reactive ketones (excluding diaryl/α,β-unsaturated/α-hetero) is 1. The van der Waals surface area contributed by atoms with Crippen LogP contribution in [0.4, 0.5) is 0 Å². The molecule has 1 fully saturated rings. The number of carbonyl (C=O) groups is 1. The van der Waals surface area contributed by atoms with Crippen LogP contribution in [0, 0.1) is 13.8 Å². The molecule has 1 atom stereocenters. The van der Waals surface area contributed by atoms with E-state index in [1.807, 2.05) is 12.1 Å². The van der Waals surface area contributed by atoms with E-state index in [1.165, 1.54) is 11.1 Å². The molecule has 0 bridgehead atoms. The predicted octanol–water partition coefficient (Wildman–Crippen LogP) is 3.41. The van der Waals surface area contributed by atoms with Gasteiger partial charge in [0.1, 0.15) is 0 Å². The molecule has 0 amide bonds. The molecule has 2 nitrogen and oxygen atoms in total. The average molecular weight is 245 g/mol. The molecule has 0 saturated carbocycles. The molecule has 1 aliphatic heterocycles. The fraction of sp³-hybridized carbons (Fsp3) is 0.562. The van der Waals surface area contributed by atoms with Crippen LogP contribution in [0.15, 0.2) is 18.2 Å². The molecule has 0 aliphatic carbocycles. The summed E-state index contributed by atoms with van der Waals surface area (Å²) in [5, 5.41) is 3.45. The molecular weight excluding hydrogens is 222 g/mol. The van der Waals surface area contributed by atoms with Crippen molar-refractivity contribution in [3.05, 3.63) is 34.9 Å². The first-order chi connectivity index (χ1) is 8.59. The Balaban J connectivity index is 2.30. The van der Waals surface area contributed by atoms with Crippen LogP contribution < -0.4 is 5.32 Å².